The quantitative estimate of drug-likeness (QED) is 0.773. The average Bonchev–Trinajstić information content (AvgIpc) is 2.73. The molecule has 0 atom stereocenters. The van der Waals surface area contributed by atoms with E-state index in [1.807, 2.05) is 23.1 Å². The van der Waals surface area contributed by atoms with Gasteiger partial charge in [0.25, 0.3) is 0 Å². The first-order valence-electron chi connectivity index (χ1n) is 5.53. The van der Waals surface area contributed by atoms with Crippen LogP contribution in [0.5, 0.6) is 0 Å². The number of aryl methyl sites for hydroxylation is 1. The maximum Gasteiger partial charge on any atom is 0.186 e. The second-order valence-electron chi connectivity index (χ2n) is 4.07. The van der Waals surface area contributed by atoms with Crippen LogP contribution in [-0.2, 0) is 0 Å². The SMILES string of the molecule is Cc1ccc2nc(N3CCSCC3)sc2c1. The molecule has 0 N–H and O–H groups in total. The monoisotopic (exact) mass is 250 g/mol. The zero-order chi connectivity index (χ0) is 11.0. The summed E-state index contributed by atoms with van der Waals surface area (Å²) < 4.78 is 1.31. The molecule has 0 unspecified atom stereocenters. The molecule has 1 aromatic heterocycles. The lowest BCUT2D eigenvalue weighted by Gasteiger charge is -2.25. The van der Waals surface area contributed by atoms with Gasteiger partial charge >= 0.3 is 0 Å². The zero-order valence-corrected chi connectivity index (χ0v) is 10.9. The lowest BCUT2D eigenvalue weighted by Crippen LogP contribution is -2.32. The summed E-state index contributed by atoms with van der Waals surface area (Å²) in [5.41, 5.74) is 2.46. The molecule has 2 aromatic rings. The van der Waals surface area contributed by atoms with E-state index in [0.717, 1.165) is 18.6 Å². The number of rotatable bonds is 1. The second-order valence-corrected chi connectivity index (χ2v) is 6.30. The van der Waals surface area contributed by atoms with Gasteiger partial charge in [-0.2, -0.15) is 11.8 Å². The Bertz CT molecular complexity index is 501. The summed E-state index contributed by atoms with van der Waals surface area (Å²) in [5, 5.41) is 1.20. The van der Waals surface area contributed by atoms with Crippen LogP contribution in [0.1, 0.15) is 5.56 Å². The van der Waals surface area contributed by atoms with Crippen LogP contribution < -0.4 is 4.90 Å². The van der Waals surface area contributed by atoms with Crippen molar-refractivity contribution in [1.29, 1.82) is 0 Å². The molecular formula is C12H14N2S2. The van der Waals surface area contributed by atoms with Gasteiger partial charge in [-0.3, -0.25) is 0 Å². The minimum atomic E-state index is 1.14. The Morgan fingerprint density at radius 1 is 1.25 bits per heavy atom. The van der Waals surface area contributed by atoms with Crippen molar-refractivity contribution < 1.29 is 0 Å². The topological polar surface area (TPSA) is 16.1 Å². The van der Waals surface area contributed by atoms with Crippen molar-refractivity contribution >= 4 is 38.4 Å². The highest BCUT2D eigenvalue weighted by Gasteiger charge is 2.14. The molecule has 1 fully saturated rings. The van der Waals surface area contributed by atoms with E-state index < -0.39 is 0 Å². The smallest absolute Gasteiger partial charge is 0.186 e. The van der Waals surface area contributed by atoms with Gasteiger partial charge in [0.2, 0.25) is 0 Å². The van der Waals surface area contributed by atoms with Crippen molar-refractivity contribution in [2.75, 3.05) is 29.5 Å². The number of thiazole rings is 1. The molecule has 0 aliphatic carbocycles. The summed E-state index contributed by atoms with van der Waals surface area (Å²) in [6.45, 7) is 4.42. The number of benzene rings is 1. The Kier molecular flexibility index (Phi) is 2.77. The van der Waals surface area contributed by atoms with Crippen LogP contribution in [0, 0.1) is 6.92 Å². The van der Waals surface area contributed by atoms with Gasteiger partial charge in [-0.25, -0.2) is 4.98 Å². The molecule has 1 aromatic carbocycles. The van der Waals surface area contributed by atoms with Gasteiger partial charge in [-0.05, 0) is 24.6 Å². The fraction of sp³-hybridized carbons (Fsp3) is 0.417. The molecule has 2 nitrogen and oxygen atoms in total. The molecule has 0 spiro atoms. The van der Waals surface area contributed by atoms with Gasteiger partial charge in [-0.1, -0.05) is 17.4 Å². The van der Waals surface area contributed by atoms with Crippen molar-refractivity contribution in [3.63, 3.8) is 0 Å². The van der Waals surface area contributed by atoms with Gasteiger partial charge in [0.15, 0.2) is 5.13 Å². The number of thioether (sulfide) groups is 1. The molecule has 1 aliphatic heterocycles. The van der Waals surface area contributed by atoms with E-state index in [1.165, 1.54) is 26.9 Å². The molecule has 0 amide bonds. The molecule has 16 heavy (non-hydrogen) atoms. The molecule has 4 heteroatoms. The third-order valence-corrected chi connectivity index (χ3v) is 4.84. The third-order valence-electron chi connectivity index (χ3n) is 2.81. The minimum Gasteiger partial charge on any atom is -0.346 e. The summed E-state index contributed by atoms with van der Waals surface area (Å²) >= 11 is 3.86. The average molecular weight is 250 g/mol. The summed E-state index contributed by atoms with van der Waals surface area (Å²) in [6, 6.07) is 6.50. The molecule has 84 valence electrons. The molecule has 0 saturated carbocycles. The van der Waals surface area contributed by atoms with E-state index >= 15 is 0 Å². The Labute approximate surface area is 104 Å². The highest BCUT2D eigenvalue weighted by molar-refractivity contribution is 7.99. The van der Waals surface area contributed by atoms with Crippen LogP contribution in [0.4, 0.5) is 5.13 Å². The van der Waals surface area contributed by atoms with E-state index in [1.54, 1.807) is 0 Å². The fourth-order valence-corrected chi connectivity index (χ4v) is 3.93. The zero-order valence-electron chi connectivity index (χ0n) is 9.27. The van der Waals surface area contributed by atoms with Crippen LogP contribution in [0.3, 0.4) is 0 Å². The molecule has 0 radical (unpaired) electrons. The molecule has 2 heterocycles. The summed E-state index contributed by atoms with van der Waals surface area (Å²) in [5.74, 6) is 2.46. The fourth-order valence-electron chi connectivity index (χ4n) is 1.91. The third kappa shape index (κ3) is 1.92. The van der Waals surface area contributed by atoms with Gasteiger partial charge in [0.1, 0.15) is 0 Å². The van der Waals surface area contributed by atoms with Crippen LogP contribution in [-0.4, -0.2) is 29.6 Å². The van der Waals surface area contributed by atoms with Crippen LogP contribution in [0.2, 0.25) is 0 Å². The van der Waals surface area contributed by atoms with Crippen molar-refractivity contribution in [2.24, 2.45) is 0 Å². The Hall–Kier alpha value is -0.740. The Balaban J connectivity index is 1.97. The van der Waals surface area contributed by atoms with Crippen molar-refractivity contribution in [3.8, 4) is 0 Å². The summed E-state index contributed by atoms with van der Waals surface area (Å²) in [4.78, 5) is 7.13. The molecule has 1 aliphatic rings. The minimum absolute atomic E-state index is 1.14. The van der Waals surface area contributed by atoms with Crippen LogP contribution >= 0.6 is 23.1 Å². The molecule has 0 bridgehead atoms. The van der Waals surface area contributed by atoms with E-state index in [-0.39, 0.29) is 0 Å². The standard InChI is InChI=1S/C12H14N2S2/c1-9-2-3-10-11(8-9)16-12(13-10)14-4-6-15-7-5-14/h2-3,8H,4-7H2,1H3. The Morgan fingerprint density at radius 2 is 2.06 bits per heavy atom. The predicted octanol–water partition coefficient (Wildman–Crippen LogP) is 3.16. The molecule has 3 rings (SSSR count). The number of hydrogen-bond donors (Lipinski definition) is 0. The van der Waals surface area contributed by atoms with Gasteiger partial charge in [-0.15, -0.1) is 0 Å². The first-order valence-corrected chi connectivity index (χ1v) is 7.50. The second kappa shape index (κ2) is 4.26. The largest absolute Gasteiger partial charge is 0.346 e. The normalized spacial score (nSPS) is 16.9. The first-order chi connectivity index (χ1) is 7.83. The van der Waals surface area contributed by atoms with E-state index in [4.69, 9.17) is 4.98 Å². The van der Waals surface area contributed by atoms with E-state index in [9.17, 15) is 0 Å². The molecule has 1 saturated heterocycles. The lowest BCUT2D eigenvalue weighted by atomic mass is 10.2. The first kappa shape index (κ1) is 10.4. The predicted molar refractivity (Wildman–Crippen MR) is 73.9 cm³/mol. The van der Waals surface area contributed by atoms with Gasteiger partial charge < -0.3 is 4.90 Å². The number of fused-ring (bicyclic) bond motifs is 1. The number of aromatic nitrogens is 1. The summed E-state index contributed by atoms with van der Waals surface area (Å²) in [6.07, 6.45) is 0. The van der Waals surface area contributed by atoms with Crippen LogP contribution in [0.15, 0.2) is 18.2 Å². The highest BCUT2D eigenvalue weighted by Crippen LogP contribution is 2.30. The van der Waals surface area contributed by atoms with Crippen molar-refractivity contribution in [3.05, 3.63) is 23.8 Å². The van der Waals surface area contributed by atoms with Gasteiger partial charge in [0, 0.05) is 24.6 Å². The maximum absolute atomic E-state index is 4.71. The number of nitrogens with zero attached hydrogens (tertiary/aromatic N) is 2. The Morgan fingerprint density at radius 3 is 2.88 bits per heavy atom. The number of hydrogen-bond acceptors (Lipinski definition) is 4. The van der Waals surface area contributed by atoms with Crippen LogP contribution in [0.25, 0.3) is 10.2 Å². The highest BCUT2D eigenvalue weighted by atomic mass is 32.2. The maximum atomic E-state index is 4.71. The van der Waals surface area contributed by atoms with Crippen molar-refractivity contribution in [1.82, 2.24) is 4.98 Å². The van der Waals surface area contributed by atoms with Crippen molar-refractivity contribution in [2.45, 2.75) is 6.92 Å². The summed E-state index contributed by atoms with van der Waals surface area (Å²) in [7, 11) is 0. The lowest BCUT2D eigenvalue weighted by molar-refractivity contribution is 0.854. The number of anilines is 1. The van der Waals surface area contributed by atoms with Gasteiger partial charge in [0.05, 0.1) is 10.2 Å². The van der Waals surface area contributed by atoms with E-state index in [0.29, 0.717) is 0 Å². The molecular weight excluding hydrogens is 236 g/mol. The van der Waals surface area contributed by atoms with E-state index in [2.05, 4.69) is 30.0 Å².